The molecule has 106 valence electrons. The summed E-state index contributed by atoms with van der Waals surface area (Å²) in [5, 5.41) is 0.410. The van der Waals surface area contributed by atoms with Gasteiger partial charge in [0.05, 0.1) is 12.0 Å². The van der Waals surface area contributed by atoms with Crippen molar-refractivity contribution in [2.75, 3.05) is 13.7 Å². The summed E-state index contributed by atoms with van der Waals surface area (Å²) >= 11 is 14.5. The quantitative estimate of drug-likeness (QED) is 0.617. The Balaban J connectivity index is 2.84. The number of alkyl halides is 1. The Hall–Kier alpha value is -0.340. The Bertz CT molecular complexity index is 559. The van der Waals surface area contributed by atoms with Crippen molar-refractivity contribution >= 4 is 55.1 Å². The number of halogens is 3. The standard InChI is InChI=1S/C10H10BrCl2NO4S/c1-18-10(15)9(11)5-14-19(16,17)8-3-6(12)2-7(13)4-8/h2-4,9,14H,5H2,1H3. The van der Waals surface area contributed by atoms with Crippen molar-refractivity contribution in [2.45, 2.75) is 9.72 Å². The summed E-state index contributed by atoms with van der Waals surface area (Å²) in [5.74, 6) is -0.577. The molecule has 1 aromatic rings. The average molecular weight is 391 g/mol. The Morgan fingerprint density at radius 1 is 1.37 bits per heavy atom. The molecule has 1 atom stereocenters. The Morgan fingerprint density at radius 3 is 2.37 bits per heavy atom. The lowest BCUT2D eigenvalue weighted by atomic mass is 10.4. The fraction of sp³-hybridized carbons (Fsp3) is 0.300. The van der Waals surface area contributed by atoms with Gasteiger partial charge in [0, 0.05) is 16.6 Å². The van der Waals surface area contributed by atoms with Gasteiger partial charge in [-0.25, -0.2) is 13.1 Å². The van der Waals surface area contributed by atoms with E-state index in [4.69, 9.17) is 23.2 Å². The zero-order chi connectivity index (χ0) is 14.6. The summed E-state index contributed by atoms with van der Waals surface area (Å²) < 4.78 is 30.6. The van der Waals surface area contributed by atoms with Gasteiger partial charge in [-0.1, -0.05) is 39.1 Å². The van der Waals surface area contributed by atoms with Crippen LogP contribution in [0.25, 0.3) is 0 Å². The predicted octanol–water partition coefficient (Wildman–Crippen LogP) is 2.21. The van der Waals surface area contributed by atoms with Crippen LogP contribution < -0.4 is 4.72 Å². The van der Waals surface area contributed by atoms with Crippen molar-refractivity contribution in [3.05, 3.63) is 28.2 Å². The van der Waals surface area contributed by atoms with Crippen LogP contribution in [-0.2, 0) is 19.6 Å². The second kappa shape index (κ2) is 6.90. The van der Waals surface area contributed by atoms with Crippen molar-refractivity contribution in [3.8, 4) is 0 Å². The number of sulfonamides is 1. The molecule has 0 radical (unpaired) electrons. The fourth-order valence-corrected chi connectivity index (χ4v) is 3.50. The second-order valence-corrected chi connectivity index (χ2v) is 7.19. The molecule has 0 saturated carbocycles. The van der Waals surface area contributed by atoms with Crippen LogP contribution in [0.3, 0.4) is 0 Å². The highest BCUT2D eigenvalue weighted by Crippen LogP contribution is 2.22. The van der Waals surface area contributed by atoms with Gasteiger partial charge in [-0.05, 0) is 18.2 Å². The fourth-order valence-electron chi connectivity index (χ4n) is 1.16. The van der Waals surface area contributed by atoms with Crippen LogP contribution in [0.4, 0.5) is 0 Å². The first-order valence-corrected chi connectivity index (χ1v) is 8.09. The van der Waals surface area contributed by atoms with Gasteiger partial charge in [-0.2, -0.15) is 0 Å². The molecule has 0 aliphatic heterocycles. The normalized spacial score (nSPS) is 13.1. The Morgan fingerprint density at radius 2 is 1.89 bits per heavy atom. The summed E-state index contributed by atoms with van der Waals surface area (Å²) in [5.41, 5.74) is 0. The molecule has 0 aliphatic carbocycles. The summed E-state index contributed by atoms with van der Waals surface area (Å²) in [6.45, 7) is -0.154. The van der Waals surface area contributed by atoms with E-state index in [0.717, 1.165) is 0 Å². The molecule has 0 spiro atoms. The molecule has 1 rings (SSSR count). The molecule has 0 heterocycles. The first-order valence-electron chi connectivity index (χ1n) is 4.94. The van der Waals surface area contributed by atoms with Gasteiger partial charge in [0.2, 0.25) is 10.0 Å². The average Bonchev–Trinajstić information content (AvgIpc) is 2.33. The number of hydrogen-bond acceptors (Lipinski definition) is 4. The number of esters is 1. The van der Waals surface area contributed by atoms with Crippen LogP contribution in [0.15, 0.2) is 23.1 Å². The maximum absolute atomic E-state index is 12.0. The van der Waals surface area contributed by atoms with Gasteiger partial charge in [-0.3, -0.25) is 4.79 Å². The molecule has 19 heavy (non-hydrogen) atoms. The minimum atomic E-state index is -3.80. The van der Waals surface area contributed by atoms with Gasteiger partial charge in [0.1, 0.15) is 4.83 Å². The first-order chi connectivity index (χ1) is 8.76. The maximum atomic E-state index is 12.0. The lowest BCUT2D eigenvalue weighted by molar-refractivity contribution is -0.139. The highest BCUT2D eigenvalue weighted by atomic mass is 79.9. The number of nitrogens with one attached hydrogen (secondary N) is 1. The van der Waals surface area contributed by atoms with Crippen LogP contribution in [0.5, 0.6) is 0 Å². The van der Waals surface area contributed by atoms with Crippen molar-refractivity contribution in [1.82, 2.24) is 4.72 Å². The molecule has 5 nitrogen and oxygen atoms in total. The Labute approximate surface area is 129 Å². The third kappa shape index (κ3) is 4.92. The molecule has 0 fully saturated rings. The van der Waals surface area contributed by atoms with Crippen LogP contribution in [0.2, 0.25) is 10.0 Å². The molecular weight excluding hydrogens is 381 g/mol. The molecule has 0 aromatic heterocycles. The molecule has 1 aromatic carbocycles. The van der Waals surface area contributed by atoms with E-state index in [2.05, 4.69) is 25.4 Å². The monoisotopic (exact) mass is 389 g/mol. The molecule has 1 N–H and O–H groups in total. The Kier molecular flexibility index (Phi) is 6.07. The molecular formula is C10H10BrCl2NO4S. The maximum Gasteiger partial charge on any atom is 0.320 e. The number of hydrogen-bond donors (Lipinski definition) is 1. The van der Waals surface area contributed by atoms with Gasteiger partial charge in [-0.15, -0.1) is 0 Å². The summed E-state index contributed by atoms with van der Waals surface area (Å²) in [6.07, 6.45) is 0. The van der Waals surface area contributed by atoms with E-state index in [-0.39, 0.29) is 21.5 Å². The number of ether oxygens (including phenoxy) is 1. The molecule has 0 amide bonds. The summed E-state index contributed by atoms with van der Waals surface area (Å²) in [6, 6.07) is 3.94. The van der Waals surface area contributed by atoms with Gasteiger partial charge in [0.15, 0.2) is 0 Å². The van der Waals surface area contributed by atoms with Crippen molar-refractivity contribution in [1.29, 1.82) is 0 Å². The number of rotatable bonds is 5. The largest absolute Gasteiger partial charge is 0.468 e. The minimum Gasteiger partial charge on any atom is -0.468 e. The lowest BCUT2D eigenvalue weighted by Crippen LogP contribution is -2.33. The third-order valence-corrected chi connectivity index (χ3v) is 4.59. The van der Waals surface area contributed by atoms with Gasteiger partial charge >= 0.3 is 5.97 Å². The topological polar surface area (TPSA) is 72.5 Å². The van der Waals surface area contributed by atoms with Gasteiger partial charge in [0.25, 0.3) is 0 Å². The van der Waals surface area contributed by atoms with E-state index in [0.29, 0.717) is 0 Å². The zero-order valence-electron chi connectivity index (χ0n) is 9.69. The SMILES string of the molecule is COC(=O)C(Br)CNS(=O)(=O)c1cc(Cl)cc(Cl)c1. The third-order valence-electron chi connectivity index (χ3n) is 2.06. The minimum absolute atomic E-state index is 0.0745. The smallest absolute Gasteiger partial charge is 0.320 e. The predicted molar refractivity (Wildman–Crippen MR) is 76.4 cm³/mol. The summed E-state index contributed by atoms with van der Waals surface area (Å²) in [7, 11) is -2.59. The van der Waals surface area contributed by atoms with E-state index >= 15 is 0 Å². The van der Waals surface area contributed by atoms with E-state index < -0.39 is 20.8 Å². The lowest BCUT2D eigenvalue weighted by Gasteiger charge is -2.10. The van der Waals surface area contributed by atoms with Gasteiger partial charge < -0.3 is 4.74 Å². The number of carbonyl (C=O) groups excluding carboxylic acids is 1. The van der Waals surface area contributed by atoms with E-state index in [1.54, 1.807) is 0 Å². The van der Waals surface area contributed by atoms with Crippen LogP contribution >= 0.6 is 39.1 Å². The van der Waals surface area contributed by atoms with E-state index in [1.165, 1.54) is 25.3 Å². The van der Waals surface area contributed by atoms with Crippen molar-refractivity contribution in [3.63, 3.8) is 0 Å². The van der Waals surface area contributed by atoms with Crippen molar-refractivity contribution < 1.29 is 17.9 Å². The van der Waals surface area contributed by atoms with E-state index in [1.807, 2.05) is 0 Å². The van der Waals surface area contributed by atoms with Crippen molar-refractivity contribution in [2.24, 2.45) is 0 Å². The number of carbonyl (C=O) groups is 1. The summed E-state index contributed by atoms with van der Waals surface area (Å²) in [4.78, 5) is 10.3. The molecule has 0 bridgehead atoms. The second-order valence-electron chi connectivity index (χ2n) is 3.45. The molecule has 9 heteroatoms. The highest BCUT2D eigenvalue weighted by Gasteiger charge is 2.21. The van der Waals surface area contributed by atoms with Crippen LogP contribution in [-0.4, -0.2) is 32.9 Å². The molecule has 0 aliphatic rings. The molecule has 0 saturated heterocycles. The van der Waals surface area contributed by atoms with Crippen LogP contribution in [0.1, 0.15) is 0 Å². The van der Waals surface area contributed by atoms with E-state index in [9.17, 15) is 13.2 Å². The molecule has 1 unspecified atom stereocenters. The van der Waals surface area contributed by atoms with Crippen LogP contribution in [0, 0.1) is 0 Å². The number of benzene rings is 1. The zero-order valence-corrected chi connectivity index (χ0v) is 13.6. The highest BCUT2D eigenvalue weighted by molar-refractivity contribution is 9.10. The number of methoxy groups -OCH3 is 1. The first kappa shape index (κ1) is 16.7.